The van der Waals surface area contributed by atoms with Crippen molar-refractivity contribution < 1.29 is 0 Å². The second-order valence-electron chi connectivity index (χ2n) is 25.3. The number of hydrogen-bond donors (Lipinski definition) is 0. The van der Waals surface area contributed by atoms with Gasteiger partial charge < -0.3 is 4.90 Å². The molecule has 0 aromatic heterocycles. The molecule has 0 bridgehead atoms. The van der Waals surface area contributed by atoms with Gasteiger partial charge in [-0.25, -0.2) is 0 Å². The van der Waals surface area contributed by atoms with Crippen LogP contribution < -0.4 is 4.90 Å². The Morgan fingerprint density at radius 2 is 0.697 bits per heavy atom. The Labute approximate surface area is 450 Å². The molecule has 0 saturated heterocycles. The van der Waals surface area contributed by atoms with Gasteiger partial charge in [0.25, 0.3) is 0 Å². The molecule has 10 aromatic carbocycles. The summed E-state index contributed by atoms with van der Waals surface area (Å²) in [5, 5.41) is 0. The van der Waals surface area contributed by atoms with E-state index in [1.165, 1.54) is 122 Å². The Morgan fingerprint density at radius 1 is 0.276 bits per heavy atom. The Hall–Kier alpha value is -8.00. The monoisotopic (exact) mass is 980 g/mol. The summed E-state index contributed by atoms with van der Waals surface area (Å²) < 4.78 is 0. The van der Waals surface area contributed by atoms with Gasteiger partial charge >= 0.3 is 0 Å². The molecule has 1 nitrogen and oxygen atoms in total. The maximum Gasteiger partial charge on any atom is 0.0726 e. The molecule has 0 radical (unpaired) electrons. The molecule has 4 aliphatic carbocycles. The first-order valence-electron chi connectivity index (χ1n) is 27.5. The molecule has 0 aliphatic heterocycles. The zero-order valence-corrected chi connectivity index (χ0v) is 45.7. The third-order valence-corrected chi connectivity index (χ3v) is 18.2. The van der Waals surface area contributed by atoms with Crippen LogP contribution in [-0.4, -0.2) is 0 Å². The molecule has 0 fully saturated rings. The standard InChI is InChI=1S/C75H65N/c1-71(2,3)49-31-40-66-61(43-49)62-44-50(72(4,5)6)32-41-67(62)75(66)65-25-16-13-19-56(65)59-39-37-53(45-69(59)75)76(51-33-26-46(27-34-51)48-30-38-58-55-18-11-14-23-63(55)73(7,8)68(58)42-48)52-35-28-47(29-36-52)54-21-17-22-60-57-20-12-15-24-64(57)74(9,10)70(54)60/h11-45H,1-10H3. The van der Waals surface area contributed by atoms with E-state index in [9.17, 15) is 0 Å². The number of nitrogens with zero attached hydrogens (tertiary/aromatic N) is 1. The van der Waals surface area contributed by atoms with Gasteiger partial charge in [0, 0.05) is 27.9 Å². The van der Waals surface area contributed by atoms with E-state index in [-0.39, 0.29) is 21.7 Å². The van der Waals surface area contributed by atoms with Gasteiger partial charge in [0.05, 0.1) is 5.41 Å². The Kier molecular flexibility index (Phi) is 9.80. The van der Waals surface area contributed by atoms with Gasteiger partial charge in [-0.2, -0.15) is 0 Å². The number of benzene rings is 10. The van der Waals surface area contributed by atoms with Gasteiger partial charge in [-0.15, -0.1) is 0 Å². The van der Waals surface area contributed by atoms with Crippen molar-refractivity contribution in [2.75, 3.05) is 4.90 Å². The second-order valence-corrected chi connectivity index (χ2v) is 25.3. The molecule has 0 atom stereocenters. The van der Waals surface area contributed by atoms with Crippen molar-refractivity contribution in [2.45, 2.75) is 96.3 Å². The molecule has 10 aromatic rings. The molecule has 14 rings (SSSR count). The van der Waals surface area contributed by atoms with Crippen molar-refractivity contribution in [1.29, 1.82) is 0 Å². The van der Waals surface area contributed by atoms with Crippen LogP contribution in [0.25, 0.3) is 66.8 Å². The van der Waals surface area contributed by atoms with Crippen LogP contribution in [0.5, 0.6) is 0 Å². The van der Waals surface area contributed by atoms with Crippen LogP contribution >= 0.6 is 0 Å². The predicted octanol–water partition coefficient (Wildman–Crippen LogP) is 20.0. The first-order valence-corrected chi connectivity index (χ1v) is 27.5. The van der Waals surface area contributed by atoms with Crippen molar-refractivity contribution in [1.82, 2.24) is 0 Å². The lowest BCUT2D eigenvalue weighted by atomic mass is 9.70. The number of anilines is 3. The predicted molar refractivity (Wildman–Crippen MR) is 321 cm³/mol. The second kappa shape index (κ2) is 16.0. The Bertz CT molecular complexity index is 3990. The van der Waals surface area contributed by atoms with E-state index in [2.05, 4.69) is 286 Å². The highest BCUT2D eigenvalue weighted by molar-refractivity contribution is 5.97. The van der Waals surface area contributed by atoms with Crippen molar-refractivity contribution in [3.8, 4) is 66.8 Å². The third kappa shape index (κ3) is 6.51. The summed E-state index contributed by atoms with van der Waals surface area (Å²) in [7, 11) is 0. The van der Waals surface area contributed by atoms with Gasteiger partial charge in [0.1, 0.15) is 0 Å². The van der Waals surface area contributed by atoms with Gasteiger partial charge in [-0.3, -0.25) is 0 Å². The van der Waals surface area contributed by atoms with Crippen LogP contribution in [0, 0.1) is 0 Å². The summed E-state index contributed by atoms with van der Waals surface area (Å²) >= 11 is 0. The fraction of sp³-hybridized carbons (Fsp3) is 0.200. The molecule has 0 N–H and O–H groups in total. The van der Waals surface area contributed by atoms with Crippen molar-refractivity contribution in [2.24, 2.45) is 0 Å². The van der Waals surface area contributed by atoms with Crippen molar-refractivity contribution >= 4 is 17.1 Å². The third-order valence-electron chi connectivity index (χ3n) is 18.2. The molecular weight excluding hydrogens is 915 g/mol. The minimum absolute atomic E-state index is 0.00158. The minimum Gasteiger partial charge on any atom is -0.310 e. The zero-order chi connectivity index (χ0) is 52.3. The largest absolute Gasteiger partial charge is 0.310 e. The smallest absolute Gasteiger partial charge is 0.0726 e. The fourth-order valence-corrected chi connectivity index (χ4v) is 14.3. The zero-order valence-electron chi connectivity index (χ0n) is 45.7. The van der Waals surface area contributed by atoms with Crippen LogP contribution in [-0.2, 0) is 27.1 Å². The van der Waals surface area contributed by atoms with Crippen molar-refractivity contribution in [3.05, 3.63) is 268 Å². The summed E-state index contributed by atoms with van der Waals surface area (Å²) in [4.78, 5) is 2.49. The molecule has 0 unspecified atom stereocenters. The average Bonchev–Trinajstić information content (AvgIpc) is 4.27. The molecule has 0 amide bonds. The van der Waals surface area contributed by atoms with E-state index >= 15 is 0 Å². The number of fused-ring (bicyclic) bond motifs is 16. The fourth-order valence-electron chi connectivity index (χ4n) is 14.3. The molecule has 370 valence electrons. The first kappa shape index (κ1) is 46.5. The van der Waals surface area contributed by atoms with E-state index in [0.29, 0.717) is 0 Å². The molecule has 1 spiro atoms. The minimum atomic E-state index is -0.502. The highest BCUT2D eigenvalue weighted by atomic mass is 15.1. The summed E-state index contributed by atoms with van der Waals surface area (Å²) in [5.41, 5.74) is 32.1. The van der Waals surface area contributed by atoms with E-state index in [0.717, 1.165) is 17.1 Å². The maximum absolute atomic E-state index is 2.54. The quantitative estimate of drug-likeness (QED) is 0.166. The van der Waals surface area contributed by atoms with E-state index in [4.69, 9.17) is 0 Å². The lowest BCUT2D eigenvalue weighted by Crippen LogP contribution is -2.26. The molecule has 0 saturated carbocycles. The van der Waals surface area contributed by atoms with Crippen LogP contribution in [0.1, 0.15) is 125 Å². The normalized spacial score (nSPS) is 15.3. The summed E-state index contributed by atoms with van der Waals surface area (Å²) in [6, 6.07) is 81.8. The molecular formula is C75H65N. The van der Waals surface area contributed by atoms with Gasteiger partial charge in [0.2, 0.25) is 0 Å². The van der Waals surface area contributed by atoms with Gasteiger partial charge in [0.15, 0.2) is 0 Å². The van der Waals surface area contributed by atoms with Gasteiger partial charge in [-0.05, 0) is 176 Å². The van der Waals surface area contributed by atoms with Crippen LogP contribution in [0.4, 0.5) is 17.1 Å². The summed E-state index contributed by atoms with van der Waals surface area (Å²) in [5.74, 6) is 0. The molecule has 0 heterocycles. The maximum atomic E-state index is 2.54. The van der Waals surface area contributed by atoms with E-state index < -0.39 is 5.41 Å². The molecule has 4 aliphatic rings. The van der Waals surface area contributed by atoms with Crippen LogP contribution in [0.2, 0.25) is 0 Å². The summed E-state index contributed by atoms with van der Waals surface area (Å²) in [6.45, 7) is 23.5. The lowest BCUT2D eigenvalue weighted by molar-refractivity contribution is 0.589. The van der Waals surface area contributed by atoms with Gasteiger partial charge in [-0.1, -0.05) is 239 Å². The Morgan fingerprint density at radius 3 is 1.29 bits per heavy atom. The first-order chi connectivity index (χ1) is 36.5. The van der Waals surface area contributed by atoms with Crippen LogP contribution in [0.3, 0.4) is 0 Å². The number of hydrogen-bond acceptors (Lipinski definition) is 1. The van der Waals surface area contributed by atoms with Crippen molar-refractivity contribution in [3.63, 3.8) is 0 Å². The molecule has 76 heavy (non-hydrogen) atoms. The van der Waals surface area contributed by atoms with Crippen LogP contribution in [0.15, 0.2) is 212 Å². The SMILES string of the molecule is CC(C)(C)c1ccc2c(c1)-c1cc(C(C)(C)C)ccc1C21c2ccccc2-c2ccc(N(c3ccc(-c4ccc5c(c4)C(C)(C)c4ccccc4-5)cc3)c3ccc(-c4cccc5c4C(C)(C)c4ccccc4-5)cc3)cc21. The Balaban J connectivity index is 0.946. The lowest BCUT2D eigenvalue weighted by Gasteiger charge is -2.33. The highest BCUT2D eigenvalue weighted by Crippen LogP contribution is 2.64. The van der Waals surface area contributed by atoms with E-state index in [1.54, 1.807) is 0 Å². The highest BCUT2D eigenvalue weighted by Gasteiger charge is 2.52. The molecule has 1 heteroatoms. The average molecular weight is 980 g/mol. The number of rotatable bonds is 5. The van der Waals surface area contributed by atoms with E-state index in [1.807, 2.05) is 0 Å². The summed E-state index contributed by atoms with van der Waals surface area (Å²) in [6.07, 6.45) is 0. The topological polar surface area (TPSA) is 3.24 Å².